The van der Waals surface area contributed by atoms with Gasteiger partial charge in [-0.25, -0.2) is 0 Å². The molecule has 4 nitrogen and oxygen atoms in total. The lowest BCUT2D eigenvalue weighted by Crippen LogP contribution is -2.37. The van der Waals surface area contributed by atoms with Gasteiger partial charge in [0.25, 0.3) is 0 Å². The third-order valence-electron chi connectivity index (χ3n) is 3.54. The fourth-order valence-electron chi connectivity index (χ4n) is 2.56. The fourth-order valence-corrected chi connectivity index (χ4v) is 2.56. The summed E-state index contributed by atoms with van der Waals surface area (Å²) < 4.78 is 10.8. The van der Waals surface area contributed by atoms with Gasteiger partial charge < -0.3 is 14.8 Å². The Kier molecular flexibility index (Phi) is 4.18. The number of hydrogen-bond acceptors (Lipinski definition) is 4. The van der Waals surface area contributed by atoms with Crippen molar-refractivity contribution in [1.29, 1.82) is 0 Å². The number of esters is 1. The summed E-state index contributed by atoms with van der Waals surface area (Å²) in [5.41, 5.74) is 0. The maximum Gasteiger partial charge on any atom is 0.323 e. The van der Waals surface area contributed by atoms with Gasteiger partial charge in [0, 0.05) is 13.5 Å². The van der Waals surface area contributed by atoms with Crippen molar-refractivity contribution in [3.63, 3.8) is 0 Å². The largest absolute Gasteiger partial charge is 0.461 e. The van der Waals surface area contributed by atoms with Crippen LogP contribution < -0.4 is 5.32 Å². The second kappa shape index (κ2) is 5.64. The van der Waals surface area contributed by atoms with Crippen LogP contribution in [0, 0.1) is 0 Å². The van der Waals surface area contributed by atoms with Crippen molar-refractivity contribution in [3.8, 4) is 0 Å². The number of rotatable bonds is 3. The van der Waals surface area contributed by atoms with E-state index in [1.54, 1.807) is 7.11 Å². The van der Waals surface area contributed by atoms with Crippen molar-refractivity contribution in [2.75, 3.05) is 13.7 Å². The molecule has 3 atom stereocenters. The highest BCUT2D eigenvalue weighted by atomic mass is 16.5. The number of carbonyl (C=O) groups excluding carboxylic acids is 1. The molecule has 1 saturated carbocycles. The first-order valence-corrected chi connectivity index (χ1v) is 6.26. The molecule has 4 heteroatoms. The zero-order valence-corrected chi connectivity index (χ0v) is 9.91. The second-order valence-electron chi connectivity index (χ2n) is 4.73. The van der Waals surface area contributed by atoms with E-state index in [1.807, 2.05) is 0 Å². The lowest BCUT2D eigenvalue weighted by atomic mass is 9.95. The SMILES string of the molecule is COC1CCCC(OC(=O)[C@H]2CCCN2)C1. The normalized spacial score (nSPS) is 34.9. The molecule has 0 bridgehead atoms. The molecule has 2 aliphatic rings. The minimum absolute atomic E-state index is 0.0635. The number of ether oxygens (including phenoxy) is 2. The summed E-state index contributed by atoms with van der Waals surface area (Å²) in [6.07, 6.45) is 6.34. The van der Waals surface area contributed by atoms with E-state index in [-0.39, 0.29) is 24.2 Å². The number of carbonyl (C=O) groups is 1. The Morgan fingerprint density at radius 3 is 2.69 bits per heavy atom. The molecule has 2 rings (SSSR count). The zero-order valence-electron chi connectivity index (χ0n) is 9.91. The second-order valence-corrected chi connectivity index (χ2v) is 4.73. The predicted molar refractivity (Wildman–Crippen MR) is 60.2 cm³/mol. The summed E-state index contributed by atoms with van der Waals surface area (Å²) in [5.74, 6) is -0.0701. The van der Waals surface area contributed by atoms with Crippen LogP contribution in [0.15, 0.2) is 0 Å². The molecule has 0 spiro atoms. The molecule has 0 aromatic rings. The molecular weight excluding hydrogens is 206 g/mol. The Morgan fingerprint density at radius 2 is 2.00 bits per heavy atom. The van der Waals surface area contributed by atoms with E-state index >= 15 is 0 Å². The topological polar surface area (TPSA) is 47.6 Å². The number of methoxy groups -OCH3 is 1. The van der Waals surface area contributed by atoms with Gasteiger partial charge in [-0.05, 0) is 38.6 Å². The van der Waals surface area contributed by atoms with Crippen molar-refractivity contribution in [2.24, 2.45) is 0 Å². The maximum absolute atomic E-state index is 11.8. The molecule has 1 aliphatic heterocycles. The standard InChI is InChI=1S/C12H21NO3/c1-15-9-4-2-5-10(8-9)16-12(14)11-6-3-7-13-11/h9-11,13H,2-8H2,1H3/t9?,10?,11-/m1/s1. The molecule has 0 aromatic carbocycles. The molecule has 2 unspecified atom stereocenters. The molecule has 2 fully saturated rings. The molecule has 0 radical (unpaired) electrons. The number of hydrogen-bond donors (Lipinski definition) is 1. The van der Waals surface area contributed by atoms with E-state index in [0.29, 0.717) is 0 Å². The van der Waals surface area contributed by atoms with Crippen LogP contribution >= 0.6 is 0 Å². The van der Waals surface area contributed by atoms with E-state index in [9.17, 15) is 4.79 Å². The highest BCUT2D eigenvalue weighted by molar-refractivity contribution is 5.76. The van der Waals surface area contributed by atoms with Gasteiger partial charge >= 0.3 is 5.97 Å². The van der Waals surface area contributed by atoms with Gasteiger partial charge in [0.15, 0.2) is 0 Å². The van der Waals surface area contributed by atoms with Crippen LogP contribution in [0.4, 0.5) is 0 Å². The van der Waals surface area contributed by atoms with Crippen LogP contribution in [-0.2, 0) is 14.3 Å². The quantitative estimate of drug-likeness (QED) is 0.737. The summed E-state index contributed by atoms with van der Waals surface area (Å²) in [6.45, 7) is 0.936. The summed E-state index contributed by atoms with van der Waals surface area (Å²) >= 11 is 0. The van der Waals surface area contributed by atoms with E-state index in [2.05, 4.69) is 5.32 Å². The Hall–Kier alpha value is -0.610. The van der Waals surface area contributed by atoms with Gasteiger partial charge in [0.05, 0.1) is 6.10 Å². The average molecular weight is 227 g/mol. The Bertz CT molecular complexity index is 238. The van der Waals surface area contributed by atoms with E-state index in [1.165, 1.54) is 0 Å². The van der Waals surface area contributed by atoms with Gasteiger partial charge in [-0.2, -0.15) is 0 Å². The monoisotopic (exact) mass is 227 g/mol. The van der Waals surface area contributed by atoms with E-state index in [0.717, 1.165) is 45.1 Å². The minimum Gasteiger partial charge on any atom is -0.461 e. The van der Waals surface area contributed by atoms with Crippen molar-refractivity contribution in [2.45, 2.75) is 56.8 Å². The molecular formula is C12H21NO3. The summed E-state index contributed by atoms with van der Waals surface area (Å²) in [6, 6.07) is -0.0667. The van der Waals surface area contributed by atoms with Crippen LogP contribution in [-0.4, -0.2) is 37.9 Å². The van der Waals surface area contributed by atoms with Crippen molar-refractivity contribution >= 4 is 5.97 Å². The Labute approximate surface area is 96.7 Å². The number of nitrogens with one attached hydrogen (secondary N) is 1. The van der Waals surface area contributed by atoms with E-state index in [4.69, 9.17) is 9.47 Å². The molecule has 0 amide bonds. The molecule has 1 heterocycles. The maximum atomic E-state index is 11.8. The van der Waals surface area contributed by atoms with Crippen LogP contribution in [0.25, 0.3) is 0 Å². The third-order valence-corrected chi connectivity index (χ3v) is 3.54. The first-order valence-electron chi connectivity index (χ1n) is 6.26. The molecule has 1 aliphatic carbocycles. The molecule has 1 saturated heterocycles. The Morgan fingerprint density at radius 1 is 1.19 bits per heavy atom. The van der Waals surface area contributed by atoms with Crippen molar-refractivity contribution < 1.29 is 14.3 Å². The predicted octanol–water partition coefficient (Wildman–Crippen LogP) is 1.24. The van der Waals surface area contributed by atoms with Crippen LogP contribution in [0.3, 0.4) is 0 Å². The lowest BCUT2D eigenvalue weighted by Gasteiger charge is -2.28. The van der Waals surface area contributed by atoms with Crippen molar-refractivity contribution in [1.82, 2.24) is 5.32 Å². The third kappa shape index (κ3) is 2.95. The fraction of sp³-hybridized carbons (Fsp3) is 0.917. The molecule has 92 valence electrons. The Balaban J connectivity index is 1.77. The summed E-state index contributed by atoms with van der Waals surface area (Å²) in [4.78, 5) is 11.8. The minimum atomic E-state index is -0.0701. The van der Waals surface area contributed by atoms with Gasteiger partial charge in [-0.3, -0.25) is 4.79 Å². The van der Waals surface area contributed by atoms with Gasteiger partial charge in [0.2, 0.25) is 0 Å². The molecule has 1 N–H and O–H groups in total. The summed E-state index contributed by atoms with van der Waals surface area (Å²) in [7, 11) is 1.73. The van der Waals surface area contributed by atoms with Crippen LogP contribution in [0.1, 0.15) is 38.5 Å². The van der Waals surface area contributed by atoms with Crippen molar-refractivity contribution in [3.05, 3.63) is 0 Å². The smallest absolute Gasteiger partial charge is 0.323 e. The van der Waals surface area contributed by atoms with Gasteiger partial charge in [-0.1, -0.05) is 0 Å². The lowest BCUT2D eigenvalue weighted by molar-refractivity contribution is -0.154. The van der Waals surface area contributed by atoms with E-state index < -0.39 is 0 Å². The highest BCUT2D eigenvalue weighted by Gasteiger charge is 2.29. The first-order chi connectivity index (χ1) is 7.79. The molecule has 0 aromatic heterocycles. The average Bonchev–Trinajstić information content (AvgIpc) is 2.83. The first kappa shape index (κ1) is 11.9. The summed E-state index contributed by atoms with van der Waals surface area (Å²) in [5, 5.41) is 3.17. The van der Waals surface area contributed by atoms with Crippen LogP contribution in [0.2, 0.25) is 0 Å². The highest BCUT2D eigenvalue weighted by Crippen LogP contribution is 2.23. The zero-order chi connectivity index (χ0) is 11.4. The van der Waals surface area contributed by atoms with Gasteiger partial charge in [-0.15, -0.1) is 0 Å². The van der Waals surface area contributed by atoms with Crippen LogP contribution in [0.5, 0.6) is 0 Å². The van der Waals surface area contributed by atoms with Gasteiger partial charge in [0.1, 0.15) is 12.1 Å². The molecule has 16 heavy (non-hydrogen) atoms.